The molecule has 3 heterocycles. The zero-order chi connectivity index (χ0) is 24.1. The molecule has 0 aliphatic rings. The number of hydrogen-bond acceptors (Lipinski definition) is 2. The van der Waals surface area contributed by atoms with E-state index in [9.17, 15) is 0 Å². The lowest BCUT2D eigenvalue weighted by atomic mass is 10.1. The van der Waals surface area contributed by atoms with Crippen LogP contribution in [0.3, 0.4) is 0 Å². The van der Waals surface area contributed by atoms with Gasteiger partial charge in [0.25, 0.3) is 0 Å². The van der Waals surface area contributed by atoms with E-state index in [1.54, 1.807) is 0 Å². The zero-order valence-electron chi connectivity index (χ0n) is 19.7. The molecule has 0 aliphatic carbocycles. The summed E-state index contributed by atoms with van der Waals surface area (Å²) in [5.74, 6) is 0. The van der Waals surface area contributed by atoms with Crippen LogP contribution >= 0.6 is 11.3 Å². The predicted octanol–water partition coefficient (Wildman–Crippen LogP) is 10.2. The number of thiophene rings is 1. The van der Waals surface area contributed by atoms with Crippen LogP contribution in [0.5, 0.6) is 0 Å². The number of furan rings is 1. The van der Waals surface area contributed by atoms with Crippen LogP contribution in [0, 0.1) is 0 Å². The van der Waals surface area contributed by atoms with Gasteiger partial charge in [0.05, 0.1) is 11.0 Å². The van der Waals surface area contributed by atoms with Crippen LogP contribution in [0.15, 0.2) is 120 Å². The molecule has 0 saturated heterocycles. The van der Waals surface area contributed by atoms with Gasteiger partial charge in [-0.1, -0.05) is 60.7 Å². The van der Waals surface area contributed by atoms with Crippen molar-refractivity contribution >= 4 is 86.0 Å². The Kier molecular flexibility index (Phi) is 3.70. The zero-order valence-corrected chi connectivity index (χ0v) is 20.5. The number of rotatable bonds is 1. The van der Waals surface area contributed by atoms with Crippen molar-refractivity contribution in [1.29, 1.82) is 0 Å². The van der Waals surface area contributed by atoms with Gasteiger partial charge in [-0.3, -0.25) is 0 Å². The Labute approximate surface area is 215 Å². The maximum atomic E-state index is 6.14. The van der Waals surface area contributed by atoms with Crippen molar-refractivity contribution in [3.63, 3.8) is 0 Å². The molecule has 37 heavy (non-hydrogen) atoms. The number of hydrogen-bond donors (Lipinski definition) is 0. The number of aromatic nitrogens is 1. The third-order valence-corrected chi connectivity index (χ3v) is 8.88. The second kappa shape index (κ2) is 7.00. The number of fused-ring (bicyclic) bond motifs is 10. The summed E-state index contributed by atoms with van der Waals surface area (Å²) < 4.78 is 11.2. The molecule has 3 aromatic heterocycles. The molecule has 172 valence electrons. The third kappa shape index (κ3) is 2.64. The largest absolute Gasteiger partial charge is 0.456 e. The van der Waals surface area contributed by atoms with Crippen LogP contribution in [-0.4, -0.2) is 4.57 Å². The molecule has 0 atom stereocenters. The van der Waals surface area contributed by atoms with Gasteiger partial charge in [0, 0.05) is 47.4 Å². The molecule has 0 radical (unpaired) electrons. The Morgan fingerprint density at radius 2 is 1.16 bits per heavy atom. The Bertz CT molecular complexity index is 2370. The Balaban J connectivity index is 1.47. The van der Waals surface area contributed by atoms with Gasteiger partial charge in [0.15, 0.2) is 0 Å². The molecule has 0 bridgehead atoms. The molecule has 0 saturated carbocycles. The lowest BCUT2D eigenvalue weighted by Crippen LogP contribution is -1.93. The van der Waals surface area contributed by atoms with Gasteiger partial charge in [0.2, 0.25) is 0 Å². The molecule has 0 N–H and O–H groups in total. The molecule has 0 spiro atoms. The van der Waals surface area contributed by atoms with Crippen molar-refractivity contribution in [2.24, 2.45) is 0 Å². The first kappa shape index (κ1) is 19.6. The van der Waals surface area contributed by atoms with Crippen LogP contribution in [0.25, 0.3) is 80.4 Å². The van der Waals surface area contributed by atoms with Crippen molar-refractivity contribution in [3.05, 3.63) is 115 Å². The summed E-state index contributed by atoms with van der Waals surface area (Å²) in [6.45, 7) is 0. The van der Waals surface area contributed by atoms with E-state index in [1.807, 2.05) is 23.5 Å². The van der Waals surface area contributed by atoms with Crippen molar-refractivity contribution in [2.45, 2.75) is 0 Å². The van der Waals surface area contributed by atoms with Gasteiger partial charge in [0.1, 0.15) is 11.2 Å². The van der Waals surface area contributed by atoms with E-state index in [0.29, 0.717) is 0 Å². The first-order valence-electron chi connectivity index (χ1n) is 12.5. The van der Waals surface area contributed by atoms with Gasteiger partial charge in [-0.25, -0.2) is 0 Å². The minimum absolute atomic E-state index is 0.919. The summed E-state index contributed by atoms with van der Waals surface area (Å²) in [5, 5.41) is 10.0. The number of nitrogens with zero attached hydrogens (tertiary/aromatic N) is 1. The molecule has 0 amide bonds. The normalized spacial score (nSPS) is 12.3. The van der Waals surface area contributed by atoms with Gasteiger partial charge in [-0.05, 0) is 65.4 Å². The molecule has 6 aromatic carbocycles. The van der Waals surface area contributed by atoms with Gasteiger partial charge in [-0.2, -0.15) is 0 Å². The Morgan fingerprint density at radius 1 is 0.459 bits per heavy atom. The van der Waals surface area contributed by atoms with Crippen molar-refractivity contribution in [1.82, 2.24) is 4.57 Å². The predicted molar refractivity (Wildman–Crippen MR) is 158 cm³/mol. The number of para-hydroxylation sites is 1. The smallest absolute Gasteiger partial charge is 0.135 e. The van der Waals surface area contributed by atoms with Crippen LogP contribution < -0.4 is 0 Å². The lowest BCUT2D eigenvalue weighted by Gasteiger charge is -2.09. The van der Waals surface area contributed by atoms with Crippen molar-refractivity contribution in [3.8, 4) is 5.69 Å². The average Bonchev–Trinajstić information content (AvgIpc) is 3.59. The van der Waals surface area contributed by atoms with Gasteiger partial charge < -0.3 is 8.98 Å². The molecule has 9 aromatic rings. The van der Waals surface area contributed by atoms with E-state index >= 15 is 0 Å². The molecule has 9 rings (SSSR count). The van der Waals surface area contributed by atoms with E-state index in [-0.39, 0.29) is 0 Å². The summed E-state index contributed by atoms with van der Waals surface area (Å²) in [5.41, 5.74) is 5.45. The molecule has 0 fully saturated rings. The summed E-state index contributed by atoms with van der Waals surface area (Å²) in [6.07, 6.45) is 0. The molecule has 0 aliphatic heterocycles. The highest BCUT2D eigenvalue weighted by molar-refractivity contribution is 7.25. The van der Waals surface area contributed by atoms with Crippen LogP contribution in [-0.2, 0) is 0 Å². The molecule has 0 unspecified atom stereocenters. The van der Waals surface area contributed by atoms with Gasteiger partial charge >= 0.3 is 0 Å². The van der Waals surface area contributed by atoms with Gasteiger partial charge in [-0.15, -0.1) is 11.3 Å². The lowest BCUT2D eigenvalue weighted by molar-refractivity contribution is 0.669. The summed E-state index contributed by atoms with van der Waals surface area (Å²) in [4.78, 5) is 0. The van der Waals surface area contributed by atoms with Crippen LogP contribution in [0.4, 0.5) is 0 Å². The highest BCUT2D eigenvalue weighted by Crippen LogP contribution is 2.42. The maximum Gasteiger partial charge on any atom is 0.135 e. The van der Waals surface area contributed by atoms with Crippen molar-refractivity contribution in [2.75, 3.05) is 0 Å². The second-order valence-corrected chi connectivity index (χ2v) is 10.9. The maximum absolute atomic E-state index is 6.14. The van der Waals surface area contributed by atoms with E-state index < -0.39 is 0 Å². The Hall–Kier alpha value is -4.60. The first-order chi connectivity index (χ1) is 18.3. The SMILES string of the molecule is c1ccc2cc3c(cc2c1)c1cc2sc4ccccc4c2cc1n3-c1ccc2oc3ccccc3c2c1. The number of benzene rings is 6. The van der Waals surface area contributed by atoms with Crippen molar-refractivity contribution < 1.29 is 4.42 Å². The molecule has 3 heteroatoms. The topological polar surface area (TPSA) is 18.1 Å². The fraction of sp³-hybridized carbons (Fsp3) is 0. The minimum Gasteiger partial charge on any atom is -0.456 e. The fourth-order valence-electron chi connectivity index (χ4n) is 6.05. The molecule has 2 nitrogen and oxygen atoms in total. The first-order valence-corrected chi connectivity index (χ1v) is 13.3. The molecular formula is C34H19NOS. The highest BCUT2D eigenvalue weighted by Gasteiger charge is 2.17. The highest BCUT2D eigenvalue weighted by atomic mass is 32.1. The molecular weight excluding hydrogens is 470 g/mol. The van der Waals surface area contributed by atoms with E-state index in [2.05, 4.69) is 108 Å². The van der Waals surface area contributed by atoms with Crippen LogP contribution in [0.1, 0.15) is 0 Å². The fourth-order valence-corrected chi connectivity index (χ4v) is 7.18. The third-order valence-electron chi connectivity index (χ3n) is 7.75. The summed E-state index contributed by atoms with van der Waals surface area (Å²) >= 11 is 1.88. The standard InChI is InChI=1S/C34H19NOS/c1-2-8-21-16-29-25(15-20(21)7-1)26-19-34-28(24-10-4-6-12-33(24)37-34)18-30(26)35(29)22-13-14-32-27(17-22)23-9-3-5-11-31(23)36-32/h1-19H. The average molecular weight is 490 g/mol. The minimum atomic E-state index is 0.919. The Morgan fingerprint density at radius 3 is 2.08 bits per heavy atom. The quantitative estimate of drug-likeness (QED) is 0.224. The van der Waals surface area contributed by atoms with E-state index in [0.717, 1.165) is 27.6 Å². The van der Waals surface area contributed by atoms with Crippen LogP contribution in [0.2, 0.25) is 0 Å². The van der Waals surface area contributed by atoms with E-state index in [4.69, 9.17) is 4.42 Å². The monoisotopic (exact) mass is 489 g/mol. The summed E-state index contributed by atoms with van der Waals surface area (Å²) in [6, 6.07) is 41.7. The summed E-state index contributed by atoms with van der Waals surface area (Å²) in [7, 11) is 0. The second-order valence-electron chi connectivity index (χ2n) is 9.79. The van der Waals surface area contributed by atoms with E-state index in [1.165, 1.54) is 52.8 Å².